The molecule has 9 nitrogen and oxygen atoms in total. The first-order valence-electron chi connectivity index (χ1n) is 6.10. The van der Waals surface area contributed by atoms with Crippen LogP contribution in [0.3, 0.4) is 0 Å². The van der Waals surface area contributed by atoms with Gasteiger partial charge in [-0.2, -0.15) is 0 Å². The fourth-order valence-corrected chi connectivity index (χ4v) is 0.964. The van der Waals surface area contributed by atoms with Crippen LogP contribution >= 0.6 is 0 Å². The van der Waals surface area contributed by atoms with Gasteiger partial charge in [0.1, 0.15) is 6.04 Å². The van der Waals surface area contributed by atoms with Crippen molar-refractivity contribution in [2.45, 2.75) is 38.8 Å². The molecule has 0 radical (unpaired) electrons. The monoisotopic (exact) mass is 292 g/mol. The van der Waals surface area contributed by atoms with Crippen LogP contribution in [0.2, 0.25) is 0 Å². The molecule has 0 saturated heterocycles. The molecule has 1 unspecified atom stereocenters. The SMILES string of the molecule is CCOC(C)C(=O)O.NC(N)=NCCC[C@H](N)C(=O)O. The number of hydrogen-bond donors (Lipinski definition) is 5. The van der Waals surface area contributed by atoms with Gasteiger partial charge in [-0.1, -0.05) is 0 Å². The number of guanidine groups is 1. The van der Waals surface area contributed by atoms with Crippen LogP contribution in [0.5, 0.6) is 0 Å². The normalized spacial score (nSPS) is 12.6. The van der Waals surface area contributed by atoms with Gasteiger partial charge in [0.2, 0.25) is 0 Å². The van der Waals surface area contributed by atoms with Crippen molar-refractivity contribution >= 4 is 17.9 Å². The van der Waals surface area contributed by atoms with Crippen molar-refractivity contribution in [2.24, 2.45) is 22.2 Å². The number of nitrogens with two attached hydrogens (primary N) is 3. The minimum absolute atomic E-state index is 0.0129. The maximum atomic E-state index is 10.2. The number of aliphatic carboxylic acids is 2. The first-order chi connectivity index (χ1) is 9.22. The highest BCUT2D eigenvalue weighted by Gasteiger charge is 2.09. The highest BCUT2D eigenvalue weighted by molar-refractivity contribution is 5.75. The van der Waals surface area contributed by atoms with Gasteiger partial charge in [0.15, 0.2) is 12.1 Å². The minimum Gasteiger partial charge on any atom is -0.480 e. The molecule has 0 spiro atoms. The molecule has 0 bridgehead atoms. The topological polar surface area (TPSA) is 174 Å². The van der Waals surface area contributed by atoms with E-state index in [1.54, 1.807) is 6.92 Å². The van der Waals surface area contributed by atoms with Crippen LogP contribution in [0.1, 0.15) is 26.7 Å². The van der Waals surface area contributed by atoms with Crippen LogP contribution in [0.15, 0.2) is 4.99 Å². The average molecular weight is 292 g/mol. The van der Waals surface area contributed by atoms with Gasteiger partial charge >= 0.3 is 11.9 Å². The number of carboxylic acids is 2. The molecule has 0 heterocycles. The number of carboxylic acid groups (broad SMARTS) is 2. The van der Waals surface area contributed by atoms with E-state index in [2.05, 4.69) is 4.99 Å². The van der Waals surface area contributed by atoms with Gasteiger partial charge in [0, 0.05) is 13.2 Å². The van der Waals surface area contributed by atoms with Crippen molar-refractivity contribution in [2.75, 3.05) is 13.2 Å². The summed E-state index contributed by atoms with van der Waals surface area (Å²) in [5.41, 5.74) is 15.3. The molecule has 9 heteroatoms. The quantitative estimate of drug-likeness (QED) is 0.214. The number of aliphatic imine (C=N–C) groups is 1. The van der Waals surface area contributed by atoms with Gasteiger partial charge in [-0.05, 0) is 26.7 Å². The van der Waals surface area contributed by atoms with Crippen LogP contribution in [0.25, 0.3) is 0 Å². The molecule has 0 amide bonds. The Hall–Kier alpha value is -1.87. The third kappa shape index (κ3) is 14.2. The summed E-state index contributed by atoms with van der Waals surface area (Å²) in [4.78, 5) is 23.9. The summed E-state index contributed by atoms with van der Waals surface area (Å²) < 4.78 is 4.70. The van der Waals surface area contributed by atoms with E-state index in [1.165, 1.54) is 6.92 Å². The fourth-order valence-electron chi connectivity index (χ4n) is 0.964. The summed E-state index contributed by atoms with van der Waals surface area (Å²) in [6.07, 6.45) is 0.289. The zero-order valence-electron chi connectivity index (χ0n) is 11.8. The van der Waals surface area contributed by atoms with E-state index in [0.717, 1.165) is 0 Å². The molecule has 8 N–H and O–H groups in total. The van der Waals surface area contributed by atoms with Crippen LogP contribution in [-0.4, -0.2) is 53.4 Å². The molecular formula is C11H24N4O5. The predicted octanol–water partition coefficient (Wildman–Crippen LogP) is -1.05. The van der Waals surface area contributed by atoms with E-state index in [4.69, 9.17) is 32.2 Å². The summed E-state index contributed by atoms with van der Waals surface area (Å²) in [6.45, 7) is 4.14. The first kappa shape index (κ1) is 20.4. The molecular weight excluding hydrogens is 268 g/mol. The Kier molecular flexibility index (Phi) is 12.5. The number of nitrogens with zero attached hydrogens (tertiary/aromatic N) is 1. The van der Waals surface area contributed by atoms with Crippen molar-refractivity contribution in [3.8, 4) is 0 Å². The van der Waals surface area contributed by atoms with Crippen LogP contribution in [0.4, 0.5) is 0 Å². The van der Waals surface area contributed by atoms with Crippen molar-refractivity contribution in [3.05, 3.63) is 0 Å². The zero-order chi connectivity index (χ0) is 16.1. The molecule has 0 aliphatic carbocycles. The minimum atomic E-state index is -1.00. The molecule has 0 aromatic rings. The lowest BCUT2D eigenvalue weighted by atomic mass is 10.2. The van der Waals surface area contributed by atoms with Gasteiger partial charge < -0.3 is 32.2 Å². The molecule has 0 aliphatic rings. The standard InChI is InChI=1S/C6H14N4O2.C5H10O3/c7-4(5(11)12)2-1-3-10-6(8)9;1-3-8-4(2)5(6)7/h4H,1-3,7H2,(H,11,12)(H4,8,9,10);4H,3H2,1-2H3,(H,6,7)/t4-;/m0./s1. The molecule has 20 heavy (non-hydrogen) atoms. The number of carbonyl (C=O) groups is 2. The summed E-state index contributed by atoms with van der Waals surface area (Å²) in [5.74, 6) is -1.90. The molecule has 2 atom stereocenters. The van der Waals surface area contributed by atoms with Gasteiger partial charge in [-0.3, -0.25) is 9.79 Å². The smallest absolute Gasteiger partial charge is 0.332 e. The predicted molar refractivity (Wildman–Crippen MR) is 74.2 cm³/mol. The maximum absolute atomic E-state index is 10.2. The lowest BCUT2D eigenvalue weighted by Gasteiger charge is -2.03. The summed E-state index contributed by atoms with van der Waals surface area (Å²) >= 11 is 0. The highest BCUT2D eigenvalue weighted by Crippen LogP contribution is 1.94. The third-order valence-corrected chi connectivity index (χ3v) is 2.05. The molecule has 0 rings (SSSR count). The Labute approximate surface area is 117 Å². The summed E-state index contributed by atoms with van der Waals surface area (Å²) in [6, 6.07) is -0.820. The van der Waals surface area contributed by atoms with E-state index in [1.807, 2.05) is 0 Å². The molecule has 0 fully saturated rings. The third-order valence-electron chi connectivity index (χ3n) is 2.05. The van der Waals surface area contributed by atoms with E-state index >= 15 is 0 Å². The molecule has 118 valence electrons. The van der Waals surface area contributed by atoms with Crippen LogP contribution < -0.4 is 17.2 Å². The second kappa shape index (κ2) is 12.2. The van der Waals surface area contributed by atoms with E-state index < -0.39 is 24.1 Å². The first-order valence-corrected chi connectivity index (χ1v) is 6.10. The van der Waals surface area contributed by atoms with Crippen molar-refractivity contribution in [1.82, 2.24) is 0 Å². The van der Waals surface area contributed by atoms with Crippen LogP contribution in [0, 0.1) is 0 Å². The molecule has 0 aliphatic heterocycles. The average Bonchev–Trinajstić information content (AvgIpc) is 2.34. The van der Waals surface area contributed by atoms with Gasteiger partial charge in [0.05, 0.1) is 0 Å². The van der Waals surface area contributed by atoms with Crippen molar-refractivity contribution in [3.63, 3.8) is 0 Å². The lowest BCUT2D eigenvalue weighted by Crippen LogP contribution is -2.30. The van der Waals surface area contributed by atoms with Crippen LogP contribution in [-0.2, 0) is 14.3 Å². The molecule has 0 saturated carbocycles. The maximum Gasteiger partial charge on any atom is 0.332 e. The van der Waals surface area contributed by atoms with Crippen molar-refractivity contribution in [1.29, 1.82) is 0 Å². The van der Waals surface area contributed by atoms with Gasteiger partial charge in [-0.25, -0.2) is 4.79 Å². The van der Waals surface area contributed by atoms with E-state index in [-0.39, 0.29) is 5.96 Å². The van der Waals surface area contributed by atoms with Gasteiger partial charge in [0.25, 0.3) is 0 Å². The summed E-state index contributed by atoms with van der Waals surface area (Å²) in [5, 5.41) is 16.6. The lowest BCUT2D eigenvalue weighted by molar-refractivity contribution is -0.148. The second-order valence-electron chi connectivity index (χ2n) is 3.83. The number of rotatable bonds is 8. The fraction of sp³-hybridized carbons (Fsp3) is 0.727. The van der Waals surface area contributed by atoms with E-state index in [9.17, 15) is 9.59 Å². The molecule has 0 aromatic heterocycles. The number of hydrogen-bond acceptors (Lipinski definition) is 5. The zero-order valence-corrected chi connectivity index (χ0v) is 11.8. The summed E-state index contributed by atoms with van der Waals surface area (Å²) in [7, 11) is 0. The second-order valence-corrected chi connectivity index (χ2v) is 3.83. The van der Waals surface area contributed by atoms with E-state index in [0.29, 0.717) is 26.0 Å². The largest absolute Gasteiger partial charge is 0.480 e. The Morgan fingerprint density at radius 3 is 2.10 bits per heavy atom. The Balaban J connectivity index is 0. The van der Waals surface area contributed by atoms with Gasteiger partial charge in [-0.15, -0.1) is 0 Å². The Bertz CT molecular complexity index is 318. The Morgan fingerprint density at radius 1 is 1.25 bits per heavy atom. The molecule has 0 aromatic carbocycles. The van der Waals surface area contributed by atoms with Crippen molar-refractivity contribution < 1.29 is 24.5 Å². The number of ether oxygens (including phenoxy) is 1. The highest BCUT2D eigenvalue weighted by atomic mass is 16.5. The Morgan fingerprint density at radius 2 is 1.80 bits per heavy atom.